The van der Waals surface area contributed by atoms with Gasteiger partial charge in [0.25, 0.3) is 0 Å². The van der Waals surface area contributed by atoms with Crippen LogP contribution in [0.25, 0.3) is 0 Å². The lowest BCUT2D eigenvalue weighted by Gasteiger charge is -2.34. The Morgan fingerprint density at radius 3 is 2.61 bits per heavy atom. The average molecular weight is 388 g/mol. The average Bonchev–Trinajstić information content (AvgIpc) is 2.72. The number of hydrogen-bond acceptors (Lipinski definition) is 3. The molecule has 2 aromatic rings. The summed E-state index contributed by atoms with van der Waals surface area (Å²) in [4.78, 5) is 9.92. The second-order valence-electron chi connectivity index (χ2n) is 6.06. The molecule has 1 fully saturated rings. The maximum absolute atomic E-state index is 5.09. The monoisotopic (exact) mass is 387 g/mol. The lowest BCUT2D eigenvalue weighted by atomic mass is 10.1. The van der Waals surface area contributed by atoms with E-state index in [0.717, 1.165) is 42.2 Å². The van der Waals surface area contributed by atoms with Crippen molar-refractivity contribution in [1.82, 2.24) is 9.80 Å². The molecule has 0 amide bonds. The standard InChI is InChI=1S/C18H19BrN3P/c1-21-8-10-22(11-9-21)18-14-4-2-3-5-16(14)23-17-7-6-13(19)12-15(17)20-18/h2-7,12,23H,8-11H2,1H3. The predicted molar refractivity (Wildman–Crippen MR) is 103 cm³/mol. The largest absolute Gasteiger partial charge is 0.354 e. The van der Waals surface area contributed by atoms with Gasteiger partial charge in [-0.05, 0) is 24.5 Å². The number of hydrogen-bond donors (Lipinski definition) is 0. The zero-order valence-corrected chi connectivity index (χ0v) is 15.7. The first-order chi connectivity index (χ1) is 11.2. The van der Waals surface area contributed by atoms with Crippen LogP contribution in [0.5, 0.6) is 0 Å². The highest BCUT2D eigenvalue weighted by molar-refractivity contribution is 9.10. The molecule has 2 aliphatic heterocycles. The van der Waals surface area contributed by atoms with E-state index in [1.165, 1.54) is 16.2 Å². The van der Waals surface area contributed by atoms with Crippen LogP contribution in [0.15, 0.2) is 51.9 Å². The van der Waals surface area contributed by atoms with Gasteiger partial charge in [-0.2, -0.15) is 0 Å². The zero-order chi connectivity index (χ0) is 15.8. The van der Waals surface area contributed by atoms with E-state index in [1.807, 2.05) is 0 Å². The molecule has 118 valence electrons. The van der Waals surface area contributed by atoms with Crippen LogP contribution < -0.4 is 10.6 Å². The highest BCUT2D eigenvalue weighted by Crippen LogP contribution is 2.29. The normalized spacial score (nSPS) is 19.0. The Bertz CT molecular complexity index is 767. The van der Waals surface area contributed by atoms with E-state index >= 15 is 0 Å². The number of amidine groups is 1. The van der Waals surface area contributed by atoms with Crippen LogP contribution in [0, 0.1) is 0 Å². The molecule has 4 rings (SSSR count). The number of piperazine rings is 1. The Labute approximate surface area is 147 Å². The fourth-order valence-electron chi connectivity index (χ4n) is 3.07. The van der Waals surface area contributed by atoms with Crippen LogP contribution >= 0.6 is 24.5 Å². The van der Waals surface area contributed by atoms with Gasteiger partial charge in [-0.3, -0.25) is 0 Å². The molecule has 0 bridgehead atoms. The van der Waals surface area contributed by atoms with Crippen molar-refractivity contribution >= 4 is 46.6 Å². The zero-order valence-electron chi connectivity index (χ0n) is 13.1. The SMILES string of the molecule is CN1CCN(C2=Nc3cc(Br)ccc3Pc3ccccc32)CC1. The van der Waals surface area contributed by atoms with Crippen molar-refractivity contribution in [2.45, 2.75) is 0 Å². The number of aliphatic imine (C=N–C) groups is 1. The molecule has 2 heterocycles. The maximum atomic E-state index is 5.09. The molecule has 1 saturated heterocycles. The van der Waals surface area contributed by atoms with Gasteiger partial charge in [-0.1, -0.05) is 54.8 Å². The van der Waals surface area contributed by atoms with Gasteiger partial charge in [0.1, 0.15) is 5.84 Å². The summed E-state index contributed by atoms with van der Waals surface area (Å²) in [5, 5.41) is 2.72. The molecule has 2 aromatic carbocycles. The Morgan fingerprint density at radius 2 is 1.78 bits per heavy atom. The van der Waals surface area contributed by atoms with Crippen molar-refractivity contribution in [2.75, 3.05) is 33.2 Å². The molecular formula is C18H19BrN3P. The van der Waals surface area contributed by atoms with Gasteiger partial charge in [0.2, 0.25) is 0 Å². The minimum absolute atomic E-state index is 0.656. The van der Waals surface area contributed by atoms with E-state index < -0.39 is 0 Å². The molecule has 0 radical (unpaired) electrons. The van der Waals surface area contributed by atoms with Gasteiger partial charge < -0.3 is 9.80 Å². The van der Waals surface area contributed by atoms with E-state index in [1.54, 1.807) is 0 Å². The highest BCUT2D eigenvalue weighted by Gasteiger charge is 2.23. The van der Waals surface area contributed by atoms with Crippen LogP contribution in [0.4, 0.5) is 5.69 Å². The maximum Gasteiger partial charge on any atom is 0.137 e. The quantitative estimate of drug-likeness (QED) is 0.647. The number of fused-ring (bicyclic) bond motifs is 2. The number of likely N-dealkylation sites (N-methyl/N-ethyl adjacent to an activating group) is 1. The second kappa shape index (κ2) is 6.35. The number of halogens is 1. The van der Waals surface area contributed by atoms with Crippen LogP contribution in [0.2, 0.25) is 0 Å². The Hall–Kier alpha value is -1.22. The summed E-state index contributed by atoms with van der Waals surface area (Å²) in [6.45, 7) is 4.26. The fraction of sp³-hybridized carbons (Fsp3) is 0.278. The van der Waals surface area contributed by atoms with E-state index in [0.29, 0.717) is 8.58 Å². The van der Waals surface area contributed by atoms with Crippen LogP contribution in [0.3, 0.4) is 0 Å². The van der Waals surface area contributed by atoms with Gasteiger partial charge in [0, 0.05) is 41.5 Å². The van der Waals surface area contributed by atoms with Gasteiger partial charge in [0.05, 0.1) is 5.69 Å². The Kier molecular flexibility index (Phi) is 4.23. The van der Waals surface area contributed by atoms with Gasteiger partial charge in [0.15, 0.2) is 0 Å². The molecule has 1 unspecified atom stereocenters. The van der Waals surface area contributed by atoms with Crippen molar-refractivity contribution < 1.29 is 0 Å². The first-order valence-electron chi connectivity index (χ1n) is 7.89. The molecule has 23 heavy (non-hydrogen) atoms. The molecule has 0 spiro atoms. The minimum atomic E-state index is 0.656. The molecule has 1 atom stereocenters. The summed E-state index contributed by atoms with van der Waals surface area (Å²) in [6.07, 6.45) is 0. The van der Waals surface area contributed by atoms with E-state index in [-0.39, 0.29) is 0 Å². The van der Waals surface area contributed by atoms with E-state index in [4.69, 9.17) is 4.99 Å². The highest BCUT2D eigenvalue weighted by atomic mass is 79.9. The van der Waals surface area contributed by atoms with Crippen molar-refractivity contribution in [3.63, 3.8) is 0 Å². The smallest absolute Gasteiger partial charge is 0.137 e. The van der Waals surface area contributed by atoms with Crippen LogP contribution in [-0.2, 0) is 0 Å². The van der Waals surface area contributed by atoms with E-state index in [9.17, 15) is 0 Å². The summed E-state index contributed by atoms with van der Waals surface area (Å²) in [5.41, 5.74) is 2.39. The molecule has 0 aromatic heterocycles. The first kappa shape index (κ1) is 15.3. The summed E-state index contributed by atoms with van der Waals surface area (Å²) in [6, 6.07) is 15.2. The van der Waals surface area contributed by atoms with Gasteiger partial charge in [-0.15, -0.1) is 0 Å². The summed E-state index contributed by atoms with van der Waals surface area (Å²) in [5.74, 6) is 1.14. The molecule has 0 aliphatic carbocycles. The lowest BCUT2D eigenvalue weighted by molar-refractivity contribution is 0.216. The van der Waals surface area contributed by atoms with Crippen molar-refractivity contribution in [3.8, 4) is 0 Å². The van der Waals surface area contributed by atoms with Crippen molar-refractivity contribution in [3.05, 3.63) is 52.5 Å². The first-order valence-corrected chi connectivity index (χ1v) is 9.68. The Balaban J connectivity index is 1.83. The Morgan fingerprint density at radius 1 is 1.00 bits per heavy atom. The molecule has 2 aliphatic rings. The van der Waals surface area contributed by atoms with Crippen LogP contribution in [-0.4, -0.2) is 48.9 Å². The summed E-state index contributed by atoms with van der Waals surface area (Å²) < 4.78 is 1.09. The molecular weight excluding hydrogens is 369 g/mol. The molecule has 5 heteroatoms. The third-order valence-corrected chi connectivity index (χ3v) is 6.32. The third kappa shape index (κ3) is 3.08. The van der Waals surface area contributed by atoms with Crippen LogP contribution in [0.1, 0.15) is 5.56 Å². The van der Waals surface area contributed by atoms with Gasteiger partial charge in [-0.25, -0.2) is 4.99 Å². The summed E-state index contributed by atoms with van der Waals surface area (Å²) in [7, 11) is 2.84. The molecule has 3 nitrogen and oxygen atoms in total. The van der Waals surface area contributed by atoms with Crippen molar-refractivity contribution in [1.29, 1.82) is 0 Å². The topological polar surface area (TPSA) is 18.8 Å². The van der Waals surface area contributed by atoms with E-state index in [2.05, 4.69) is 75.2 Å². The lowest BCUT2D eigenvalue weighted by Crippen LogP contribution is -2.48. The summed E-state index contributed by atoms with van der Waals surface area (Å²) >= 11 is 3.59. The van der Waals surface area contributed by atoms with Crippen molar-refractivity contribution in [2.24, 2.45) is 4.99 Å². The number of rotatable bonds is 0. The number of nitrogens with zero attached hydrogens (tertiary/aromatic N) is 3. The van der Waals surface area contributed by atoms with Gasteiger partial charge >= 0.3 is 0 Å². The predicted octanol–water partition coefficient (Wildman–Crippen LogP) is 2.72. The molecule has 0 N–H and O–H groups in total. The third-order valence-electron chi connectivity index (χ3n) is 4.43. The minimum Gasteiger partial charge on any atom is -0.354 e. The second-order valence-corrected chi connectivity index (χ2v) is 8.30. The molecule has 0 saturated carbocycles. The fourth-order valence-corrected chi connectivity index (χ4v) is 4.64. The number of benzene rings is 2.